The summed E-state index contributed by atoms with van der Waals surface area (Å²) in [5.41, 5.74) is 0. The molecule has 1 aliphatic heterocycles. The molecule has 1 heterocycles. The van der Waals surface area contributed by atoms with Gasteiger partial charge in [0, 0.05) is 20.2 Å². The van der Waals surface area contributed by atoms with Crippen LogP contribution in [0.4, 0.5) is 0 Å². The molecule has 0 N–H and O–H groups in total. The quantitative estimate of drug-likeness (QED) is 0.463. The molecule has 1 saturated heterocycles. The molecule has 0 unspecified atom stereocenters. The molecule has 14 heavy (non-hydrogen) atoms. The first kappa shape index (κ1) is 10.8. The van der Waals surface area contributed by atoms with Crippen LogP contribution in [-0.4, -0.2) is 43.1 Å². The standard InChI is InChI=1S/C8H10N2O3S/c1-9-8-10(2)7(12)5(14-8)4-6(11)13-3/h4H,1-3H3. The van der Waals surface area contributed by atoms with Gasteiger partial charge in [-0.15, -0.1) is 0 Å². The number of rotatable bonds is 1. The molecule has 0 bridgehead atoms. The second-order valence-electron chi connectivity index (χ2n) is 2.50. The number of amides is 1. The number of likely N-dealkylation sites (N-methyl/N-ethyl adjacent to an activating group) is 1. The summed E-state index contributed by atoms with van der Waals surface area (Å²) in [6.45, 7) is 0. The maximum Gasteiger partial charge on any atom is 0.331 e. The number of carbonyl (C=O) groups excluding carboxylic acids is 2. The molecule has 0 atom stereocenters. The van der Waals surface area contributed by atoms with Crippen LogP contribution in [0.1, 0.15) is 0 Å². The third-order valence-electron chi connectivity index (χ3n) is 1.65. The summed E-state index contributed by atoms with van der Waals surface area (Å²) in [7, 11) is 4.46. The highest BCUT2D eigenvalue weighted by Crippen LogP contribution is 2.29. The van der Waals surface area contributed by atoms with Crippen molar-refractivity contribution in [2.24, 2.45) is 4.99 Å². The zero-order valence-corrected chi connectivity index (χ0v) is 8.92. The Morgan fingerprint density at radius 1 is 1.64 bits per heavy atom. The monoisotopic (exact) mass is 214 g/mol. The number of esters is 1. The molecule has 5 nitrogen and oxygen atoms in total. The summed E-state index contributed by atoms with van der Waals surface area (Å²) in [5.74, 6) is -0.771. The van der Waals surface area contributed by atoms with E-state index >= 15 is 0 Å². The molecule has 0 aromatic rings. The Morgan fingerprint density at radius 2 is 2.29 bits per heavy atom. The molecule has 0 aromatic carbocycles. The smallest absolute Gasteiger partial charge is 0.331 e. The summed E-state index contributed by atoms with van der Waals surface area (Å²) in [5, 5.41) is 0.574. The average Bonchev–Trinajstić information content (AvgIpc) is 2.45. The zero-order valence-electron chi connectivity index (χ0n) is 8.10. The van der Waals surface area contributed by atoms with Gasteiger partial charge in [-0.3, -0.25) is 14.7 Å². The van der Waals surface area contributed by atoms with E-state index in [2.05, 4.69) is 9.73 Å². The second-order valence-corrected chi connectivity index (χ2v) is 3.51. The van der Waals surface area contributed by atoms with Crippen molar-refractivity contribution in [2.75, 3.05) is 21.2 Å². The van der Waals surface area contributed by atoms with Crippen molar-refractivity contribution in [3.05, 3.63) is 11.0 Å². The number of hydrogen-bond acceptors (Lipinski definition) is 5. The van der Waals surface area contributed by atoms with Crippen molar-refractivity contribution in [2.45, 2.75) is 0 Å². The lowest BCUT2D eigenvalue weighted by Gasteiger charge is -2.04. The largest absolute Gasteiger partial charge is 0.466 e. The van der Waals surface area contributed by atoms with Crippen molar-refractivity contribution in [1.82, 2.24) is 4.90 Å². The van der Waals surface area contributed by atoms with Crippen LogP contribution in [0.15, 0.2) is 16.0 Å². The number of nitrogens with zero attached hydrogens (tertiary/aromatic N) is 2. The first-order chi connectivity index (χ1) is 6.60. The van der Waals surface area contributed by atoms with E-state index in [0.717, 1.165) is 11.8 Å². The van der Waals surface area contributed by atoms with Crippen molar-refractivity contribution in [3.63, 3.8) is 0 Å². The summed E-state index contributed by atoms with van der Waals surface area (Å²) in [4.78, 5) is 28.0. The topological polar surface area (TPSA) is 59.0 Å². The lowest BCUT2D eigenvalue weighted by molar-refractivity contribution is -0.135. The zero-order chi connectivity index (χ0) is 10.7. The van der Waals surface area contributed by atoms with Gasteiger partial charge in [0.25, 0.3) is 5.91 Å². The number of carbonyl (C=O) groups is 2. The number of methoxy groups -OCH3 is 1. The number of ether oxygens (including phenoxy) is 1. The van der Waals surface area contributed by atoms with Gasteiger partial charge < -0.3 is 4.74 Å². The first-order valence-electron chi connectivity index (χ1n) is 3.82. The van der Waals surface area contributed by atoms with Crippen LogP contribution in [0.2, 0.25) is 0 Å². The minimum atomic E-state index is -0.536. The Hall–Kier alpha value is -1.30. The van der Waals surface area contributed by atoms with Crippen LogP contribution in [0.5, 0.6) is 0 Å². The minimum Gasteiger partial charge on any atom is -0.466 e. The highest BCUT2D eigenvalue weighted by atomic mass is 32.2. The summed E-state index contributed by atoms with van der Waals surface area (Å²) >= 11 is 1.16. The Morgan fingerprint density at radius 3 is 2.71 bits per heavy atom. The van der Waals surface area contributed by atoms with Crippen LogP contribution < -0.4 is 0 Å². The van der Waals surface area contributed by atoms with Gasteiger partial charge in [0.2, 0.25) is 0 Å². The second kappa shape index (κ2) is 4.28. The number of aliphatic imine (C=N–C) groups is 1. The predicted octanol–water partition coefficient (Wildman–Crippen LogP) is 0.234. The molecule has 0 radical (unpaired) electrons. The maximum absolute atomic E-state index is 11.5. The molecule has 0 saturated carbocycles. The predicted molar refractivity (Wildman–Crippen MR) is 53.8 cm³/mol. The Bertz CT molecular complexity index is 335. The van der Waals surface area contributed by atoms with Crippen LogP contribution in [-0.2, 0) is 14.3 Å². The van der Waals surface area contributed by atoms with Crippen molar-refractivity contribution >= 4 is 28.8 Å². The number of hydrogen-bond donors (Lipinski definition) is 0. The number of amidine groups is 1. The van der Waals surface area contributed by atoms with Crippen LogP contribution in [0.3, 0.4) is 0 Å². The summed E-state index contributed by atoms with van der Waals surface area (Å²) < 4.78 is 4.43. The molecule has 0 aromatic heterocycles. The van der Waals surface area contributed by atoms with Gasteiger partial charge in [0.15, 0.2) is 5.17 Å². The van der Waals surface area contributed by atoms with Gasteiger partial charge in [-0.2, -0.15) is 0 Å². The van der Waals surface area contributed by atoms with Crippen LogP contribution in [0, 0.1) is 0 Å². The molecule has 6 heteroatoms. The van der Waals surface area contributed by atoms with Gasteiger partial charge in [-0.1, -0.05) is 0 Å². The normalized spacial score (nSPS) is 22.2. The Kier molecular flexibility index (Phi) is 3.29. The lowest BCUT2D eigenvalue weighted by atomic mass is 10.4. The van der Waals surface area contributed by atoms with Crippen molar-refractivity contribution in [1.29, 1.82) is 0 Å². The molecule has 1 amide bonds. The van der Waals surface area contributed by atoms with E-state index in [1.165, 1.54) is 18.1 Å². The SMILES string of the molecule is CN=C1SC(=CC(=O)OC)C(=O)N1C. The molecule has 1 rings (SSSR count). The van der Waals surface area contributed by atoms with E-state index in [1.807, 2.05) is 0 Å². The molecular weight excluding hydrogens is 204 g/mol. The van der Waals surface area contributed by atoms with Gasteiger partial charge in [0.05, 0.1) is 12.0 Å². The first-order valence-corrected chi connectivity index (χ1v) is 4.64. The highest BCUT2D eigenvalue weighted by Gasteiger charge is 2.30. The third kappa shape index (κ3) is 1.95. The Labute approximate surface area is 85.8 Å². The van der Waals surface area contributed by atoms with E-state index in [1.54, 1.807) is 14.1 Å². The number of thioether (sulfide) groups is 1. The molecule has 0 spiro atoms. The highest BCUT2D eigenvalue weighted by molar-refractivity contribution is 8.18. The summed E-state index contributed by atoms with van der Waals surface area (Å²) in [6, 6.07) is 0. The third-order valence-corrected chi connectivity index (χ3v) is 2.80. The van der Waals surface area contributed by atoms with E-state index in [0.29, 0.717) is 10.1 Å². The fraction of sp³-hybridized carbons (Fsp3) is 0.375. The fourth-order valence-corrected chi connectivity index (χ4v) is 1.80. The van der Waals surface area contributed by atoms with Gasteiger partial charge in [-0.05, 0) is 11.8 Å². The lowest BCUT2D eigenvalue weighted by Crippen LogP contribution is -2.23. The van der Waals surface area contributed by atoms with Crippen molar-refractivity contribution < 1.29 is 14.3 Å². The van der Waals surface area contributed by atoms with E-state index < -0.39 is 5.97 Å². The molecule has 1 fully saturated rings. The molecular formula is C8H10N2O3S. The van der Waals surface area contributed by atoms with Crippen LogP contribution in [0.25, 0.3) is 0 Å². The van der Waals surface area contributed by atoms with Crippen LogP contribution >= 0.6 is 11.8 Å². The van der Waals surface area contributed by atoms with Gasteiger partial charge >= 0.3 is 5.97 Å². The fourth-order valence-electron chi connectivity index (χ4n) is 0.915. The van der Waals surface area contributed by atoms with E-state index in [-0.39, 0.29) is 5.91 Å². The minimum absolute atomic E-state index is 0.235. The van der Waals surface area contributed by atoms with E-state index in [9.17, 15) is 9.59 Å². The average molecular weight is 214 g/mol. The van der Waals surface area contributed by atoms with E-state index in [4.69, 9.17) is 0 Å². The van der Waals surface area contributed by atoms with Crippen molar-refractivity contribution in [3.8, 4) is 0 Å². The Balaban J connectivity index is 2.91. The van der Waals surface area contributed by atoms with Gasteiger partial charge in [-0.25, -0.2) is 4.79 Å². The summed E-state index contributed by atoms with van der Waals surface area (Å²) in [6.07, 6.45) is 1.17. The maximum atomic E-state index is 11.5. The molecule has 76 valence electrons. The molecule has 0 aliphatic carbocycles. The van der Waals surface area contributed by atoms with Gasteiger partial charge in [0.1, 0.15) is 0 Å². The molecule has 1 aliphatic rings.